The predicted octanol–water partition coefficient (Wildman–Crippen LogP) is 4.37. The monoisotopic (exact) mass is 490 g/mol. The molecule has 1 fully saturated rings. The first-order valence-corrected chi connectivity index (χ1v) is 12.9. The molecule has 180 valence electrons. The van der Waals surface area contributed by atoms with Gasteiger partial charge >= 0.3 is 0 Å². The highest BCUT2D eigenvalue weighted by Gasteiger charge is 2.30. The Hall–Kier alpha value is -3.76. The van der Waals surface area contributed by atoms with Crippen LogP contribution in [0.4, 0.5) is 5.82 Å². The molecule has 5 rings (SSSR count). The lowest BCUT2D eigenvalue weighted by Crippen LogP contribution is -2.38. The van der Waals surface area contributed by atoms with E-state index in [1.54, 1.807) is 13.0 Å². The number of nitrogen functional groups attached to an aromatic ring is 1. The van der Waals surface area contributed by atoms with Crippen LogP contribution < -0.4 is 10.5 Å². The average Bonchev–Trinajstić information content (AvgIpc) is 3.26. The standard InChI is InChI=1S/C25H26N6O3S/c1-2-16-35(32,33)30-14-12-19(13-15-30)31-25-22(24(26)27-17-28-25)23(29-31)18-8-10-21(11-9-18)34-20-6-4-3-5-7-20/h2-11,16-17,19H,12-15H2,1H3,(H2,26,27,28)/b16-2+. The van der Waals surface area contributed by atoms with Gasteiger partial charge in [0.2, 0.25) is 10.0 Å². The number of fused-ring (bicyclic) bond motifs is 1. The van der Waals surface area contributed by atoms with Crippen LogP contribution in [0.25, 0.3) is 22.3 Å². The van der Waals surface area contributed by atoms with Gasteiger partial charge in [0.15, 0.2) is 5.65 Å². The molecule has 2 aromatic heterocycles. The maximum absolute atomic E-state index is 12.4. The first-order chi connectivity index (χ1) is 17.0. The van der Waals surface area contributed by atoms with Gasteiger partial charge < -0.3 is 10.5 Å². The first kappa shape index (κ1) is 23.0. The molecular weight excluding hydrogens is 464 g/mol. The van der Waals surface area contributed by atoms with E-state index >= 15 is 0 Å². The lowest BCUT2D eigenvalue weighted by molar-refractivity contribution is 0.267. The molecule has 0 unspecified atom stereocenters. The molecule has 1 aliphatic heterocycles. The normalized spacial score (nSPS) is 15.7. The Kier molecular flexibility index (Phi) is 6.23. The lowest BCUT2D eigenvalue weighted by atomic mass is 10.1. The van der Waals surface area contributed by atoms with Crippen LogP contribution in [0.5, 0.6) is 11.5 Å². The van der Waals surface area contributed by atoms with Crippen molar-refractivity contribution in [1.29, 1.82) is 0 Å². The maximum Gasteiger partial charge on any atom is 0.235 e. The molecule has 0 aliphatic carbocycles. The molecule has 0 bridgehead atoms. The Labute approximate surface area is 203 Å². The molecule has 0 saturated carbocycles. The summed E-state index contributed by atoms with van der Waals surface area (Å²) >= 11 is 0. The zero-order valence-electron chi connectivity index (χ0n) is 19.3. The van der Waals surface area contributed by atoms with Crippen LogP contribution in [-0.4, -0.2) is 45.6 Å². The third-order valence-corrected chi connectivity index (χ3v) is 7.76. The van der Waals surface area contributed by atoms with E-state index in [4.69, 9.17) is 15.6 Å². The van der Waals surface area contributed by atoms with Crippen molar-refractivity contribution < 1.29 is 13.2 Å². The molecular formula is C25H26N6O3S. The Balaban J connectivity index is 1.44. The van der Waals surface area contributed by atoms with Crippen LogP contribution >= 0.6 is 0 Å². The second kappa shape index (κ2) is 9.47. The minimum atomic E-state index is -3.39. The summed E-state index contributed by atoms with van der Waals surface area (Å²) in [4.78, 5) is 8.66. The number of benzene rings is 2. The Bertz CT molecular complexity index is 1460. The molecule has 2 N–H and O–H groups in total. The number of aromatic nitrogens is 4. The smallest absolute Gasteiger partial charge is 0.235 e. The van der Waals surface area contributed by atoms with Gasteiger partial charge in [-0.2, -0.15) is 9.40 Å². The molecule has 1 aliphatic rings. The van der Waals surface area contributed by atoms with Crippen molar-refractivity contribution in [3.63, 3.8) is 0 Å². The first-order valence-electron chi connectivity index (χ1n) is 11.4. The van der Waals surface area contributed by atoms with Gasteiger partial charge in [-0.3, -0.25) is 0 Å². The summed E-state index contributed by atoms with van der Waals surface area (Å²) in [7, 11) is -3.39. The van der Waals surface area contributed by atoms with Crippen LogP contribution in [0.3, 0.4) is 0 Å². The number of nitrogens with zero attached hydrogens (tertiary/aromatic N) is 5. The molecule has 4 aromatic rings. The molecule has 9 nitrogen and oxygen atoms in total. The van der Waals surface area contributed by atoms with Gasteiger partial charge in [-0.05, 0) is 56.2 Å². The van der Waals surface area contributed by atoms with Crippen molar-refractivity contribution in [1.82, 2.24) is 24.1 Å². The average molecular weight is 491 g/mol. The summed E-state index contributed by atoms with van der Waals surface area (Å²) < 4.78 is 34.1. The van der Waals surface area contributed by atoms with Gasteiger partial charge in [-0.25, -0.2) is 23.1 Å². The van der Waals surface area contributed by atoms with Crippen LogP contribution in [0.2, 0.25) is 0 Å². The number of para-hydroxylation sites is 1. The summed E-state index contributed by atoms with van der Waals surface area (Å²) in [5.41, 5.74) is 8.46. The number of hydrogen-bond donors (Lipinski definition) is 1. The molecule has 1 saturated heterocycles. The SMILES string of the molecule is C/C=C/S(=O)(=O)N1CCC(n2nc(-c3ccc(Oc4ccccc4)cc3)c3c(N)ncnc32)CC1. The Morgan fingerprint density at radius 2 is 1.69 bits per heavy atom. The van der Waals surface area contributed by atoms with Crippen molar-refractivity contribution in [3.05, 3.63) is 72.4 Å². The van der Waals surface area contributed by atoms with E-state index < -0.39 is 10.0 Å². The van der Waals surface area contributed by atoms with Gasteiger partial charge in [0.05, 0.1) is 11.4 Å². The molecule has 0 atom stereocenters. The third kappa shape index (κ3) is 4.62. The summed E-state index contributed by atoms with van der Waals surface area (Å²) in [5, 5.41) is 6.82. The fourth-order valence-electron chi connectivity index (χ4n) is 4.36. The lowest BCUT2D eigenvalue weighted by Gasteiger charge is -2.30. The van der Waals surface area contributed by atoms with E-state index in [0.29, 0.717) is 54.2 Å². The van der Waals surface area contributed by atoms with E-state index in [-0.39, 0.29) is 6.04 Å². The van der Waals surface area contributed by atoms with Crippen LogP contribution in [0.1, 0.15) is 25.8 Å². The fourth-order valence-corrected chi connectivity index (χ4v) is 5.59. The zero-order valence-corrected chi connectivity index (χ0v) is 20.1. The van der Waals surface area contributed by atoms with Gasteiger partial charge in [0.25, 0.3) is 0 Å². The molecule has 2 aromatic carbocycles. The molecule has 0 radical (unpaired) electrons. The Morgan fingerprint density at radius 1 is 1.00 bits per heavy atom. The van der Waals surface area contributed by atoms with E-state index in [2.05, 4.69) is 9.97 Å². The van der Waals surface area contributed by atoms with Gasteiger partial charge in [0, 0.05) is 24.1 Å². The third-order valence-electron chi connectivity index (χ3n) is 6.06. The summed E-state index contributed by atoms with van der Waals surface area (Å²) in [5.74, 6) is 1.83. The number of sulfonamides is 1. The fraction of sp³-hybridized carbons (Fsp3) is 0.240. The van der Waals surface area contributed by atoms with Crippen molar-refractivity contribution >= 4 is 26.9 Å². The van der Waals surface area contributed by atoms with Crippen molar-refractivity contribution in [3.8, 4) is 22.8 Å². The highest BCUT2D eigenvalue weighted by Crippen LogP contribution is 2.35. The van der Waals surface area contributed by atoms with Gasteiger partial charge in [-0.15, -0.1) is 0 Å². The second-order valence-electron chi connectivity index (χ2n) is 8.33. The van der Waals surface area contributed by atoms with Crippen LogP contribution in [-0.2, 0) is 10.0 Å². The van der Waals surface area contributed by atoms with Crippen molar-refractivity contribution in [2.75, 3.05) is 18.8 Å². The van der Waals surface area contributed by atoms with E-state index in [1.807, 2.05) is 59.3 Å². The number of rotatable bonds is 6. The number of anilines is 1. The highest BCUT2D eigenvalue weighted by atomic mass is 32.2. The van der Waals surface area contributed by atoms with E-state index in [0.717, 1.165) is 11.3 Å². The van der Waals surface area contributed by atoms with Gasteiger partial charge in [0.1, 0.15) is 29.3 Å². The Morgan fingerprint density at radius 3 is 2.37 bits per heavy atom. The van der Waals surface area contributed by atoms with Crippen molar-refractivity contribution in [2.45, 2.75) is 25.8 Å². The van der Waals surface area contributed by atoms with Crippen LogP contribution in [0.15, 0.2) is 72.4 Å². The molecule has 0 amide bonds. The number of allylic oxidation sites excluding steroid dienone is 1. The topological polar surface area (TPSA) is 116 Å². The van der Waals surface area contributed by atoms with Crippen molar-refractivity contribution in [2.24, 2.45) is 0 Å². The minimum absolute atomic E-state index is 0.00158. The van der Waals surface area contributed by atoms with Gasteiger partial charge in [-0.1, -0.05) is 24.3 Å². The van der Waals surface area contributed by atoms with E-state index in [9.17, 15) is 8.42 Å². The number of ether oxygens (including phenoxy) is 1. The predicted molar refractivity (Wildman–Crippen MR) is 135 cm³/mol. The molecule has 3 heterocycles. The minimum Gasteiger partial charge on any atom is -0.457 e. The summed E-state index contributed by atoms with van der Waals surface area (Å²) in [6, 6.07) is 17.2. The zero-order chi connectivity index (χ0) is 24.4. The van der Waals surface area contributed by atoms with Crippen LogP contribution in [0, 0.1) is 0 Å². The number of hydrogen-bond acceptors (Lipinski definition) is 7. The molecule has 0 spiro atoms. The number of piperidine rings is 1. The maximum atomic E-state index is 12.4. The highest BCUT2D eigenvalue weighted by molar-refractivity contribution is 7.92. The summed E-state index contributed by atoms with van der Waals surface area (Å²) in [6.45, 7) is 2.53. The largest absolute Gasteiger partial charge is 0.457 e. The summed E-state index contributed by atoms with van der Waals surface area (Å²) in [6.07, 6.45) is 4.23. The molecule has 35 heavy (non-hydrogen) atoms. The number of nitrogens with two attached hydrogens (primary N) is 1. The quantitative estimate of drug-likeness (QED) is 0.427. The second-order valence-corrected chi connectivity index (χ2v) is 10.2. The molecule has 10 heteroatoms. The van der Waals surface area contributed by atoms with E-state index in [1.165, 1.54) is 16.0 Å².